The standard InChI is InChI=1S/C19H24N4O3/c1-10(19(25)26-3)21-18(24)14-8-16(13-6-7-13)22-17-15(14)9-20-23(17)11(2)12-4-5-12/h8-13H,4-7H2,1-3H3,(H,21,24)/t10-,11-/m0/s1. The highest BCUT2D eigenvalue weighted by molar-refractivity contribution is 6.06. The number of esters is 1. The van der Waals surface area contributed by atoms with Crippen molar-refractivity contribution in [1.29, 1.82) is 0 Å². The molecule has 2 aliphatic carbocycles. The molecule has 0 aromatic carbocycles. The molecule has 2 saturated carbocycles. The van der Waals surface area contributed by atoms with Gasteiger partial charge in [0.15, 0.2) is 5.65 Å². The third kappa shape index (κ3) is 3.06. The van der Waals surface area contributed by atoms with Crippen molar-refractivity contribution >= 4 is 22.9 Å². The normalized spacial score (nSPS) is 19.2. The molecule has 7 nitrogen and oxygen atoms in total. The van der Waals surface area contributed by atoms with E-state index in [1.54, 1.807) is 13.1 Å². The highest BCUT2D eigenvalue weighted by Gasteiger charge is 2.33. The van der Waals surface area contributed by atoms with Crippen LogP contribution in [0, 0.1) is 5.92 Å². The van der Waals surface area contributed by atoms with Gasteiger partial charge in [-0.05, 0) is 51.5 Å². The van der Waals surface area contributed by atoms with E-state index in [1.165, 1.54) is 20.0 Å². The Morgan fingerprint density at radius 1 is 1.27 bits per heavy atom. The van der Waals surface area contributed by atoms with Gasteiger partial charge in [0.2, 0.25) is 0 Å². The number of pyridine rings is 1. The molecule has 1 amide bonds. The predicted octanol–water partition coefficient (Wildman–Crippen LogP) is 2.57. The molecule has 0 unspecified atom stereocenters. The van der Waals surface area contributed by atoms with Crippen molar-refractivity contribution in [3.05, 3.63) is 23.5 Å². The van der Waals surface area contributed by atoms with E-state index in [1.807, 2.05) is 10.7 Å². The number of ether oxygens (including phenoxy) is 1. The van der Waals surface area contributed by atoms with Crippen molar-refractivity contribution in [1.82, 2.24) is 20.1 Å². The van der Waals surface area contributed by atoms with Gasteiger partial charge in [0, 0.05) is 11.6 Å². The van der Waals surface area contributed by atoms with Gasteiger partial charge in [-0.25, -0.2) is 14.5 Å². The van der Waals surface area contributed by atoms with Gasteiger partial charge in [-0.1, -0.05) is 0 Å². The molecular weight excluding hydrogens is 332 g/mol. The van der Waals surface area contributed by atoms with Gasteiger partial charge >= 0.3 is 5.97 Å². The summed E-state index contributed by atoms with van der Waals surface area (Å²) in [5.41, 5.74) is 2.24. The van der Waals surface area contributed by atoms with Crippen LogP contribution in [0.1, 0.15) is 67.5 Å². The Kier molecular flexibility index (Phi) is 4.17. The van der Waals surface area contributed by atoms with Gasteiger partial charge in [-0.3, -0.25) is 4.79 Å². The summed E-state index contributed by atoms with van der Waals surface area (Å²) in [6.07, 6.45) is 6.36. The Balaban J connectivity index is 1.73. The molecule has 0 bridgehead atoms. The van der Waals surface area contributed by atoms with Gasteiger partial charge < -0.3 is 10.1 Å². The van der Waals surface area contributed by atoms with Crippen LogP contribution in [0.25, 0.3) is 11.0 Å². The van der Waals surface area contributed by atoms with Crippen molar-refractivity contribution in [3.63, 3.8) is 0 Å². The summed E-state index contributed by atoms with van der Waals surface area (Å²) in [5.74, 6) is 0.296. The first-order chi connectivity index (χ1) is 12.5. The lowest BCUT2D eigenvalue weighted by Gasteiger charge is -2.14. The second-order valence-corrected chi connectivity index (χ2v) is 7.49. The van der Waals surface area contributed by atoms with Gasteiger partial charge in [-0.2, -0.15) is 5.10 Å². The zero-order valence-electron chi connectivity index (χ0n) is 15.4. The topological polar surface area (TPSA) is 86.1 Å². The number of fused-ring (bicyclic) bond motifs is 1. The largest absolute Gasteiger partial charge is 0.467 e. The van der Waals surface area contributed by atoms with E-state index in [4.69, 9.17) is 9.72 Å². The van der Waals surface area contributed by atoms with Gasteiger partial charge in [-0.15, -0.1) is 0 Å². The van der Waals surface area contributed by atoms with E-state index in [9.17, 15) is 9.59 Å². The van der Waals surface area contributed by atoms with E-state index < -0.39 is 12.0 Å². The van der Waals surface area contributed by atoms with Gasteiger partial charge in [0.25, 0.3) is 5.91 Å². The number of nitrogens with zero attached hydrogens (tertiary/aromatic N) is 3. The molecule has 4 rings (SSSR count). The van der Waals surface area contributed by atoms with Crippen LogP contribution in [-0.4, -0.2) is 39.8 Å². The Hall–Kier alpha value is -2.44. The van der Waals surface area contributed by atoms with E-state index in [-0.39, 0.29) is 11.9 Å². The number of hydrogen-bond acceptors (Lipinski definition) is 5. The summed E-state index contributed by atoms with van der Waals surface area (Å²) in [4.78, 5) is 29.3. The van der Waals surface area contributed by atoms with Crippen LogP contribution in [-0.2, 0) is 9.53 Å². The third-order valence-electron chi connectivity index (χ3n) is 5.42. The Morgan fingerprint density at radius 2 is 2.00 bits per heavy atom. The quantitative estimate of drug-likeness (QED) is 0.804. The molecule has 0 saturated heterocycles. The van der Waals surface area contributed by atoms with E-state index in [2.05, 4.69) is 17.3 Å². The lowest BCUT2D eigenvalue weighted by atomic mass is 10.1. The molecule has 2 fully saturated rings. The van der Waals surface area contributed by atoms with Crippen molar-refractivity contribution < 1.29 is 14.3 Å². The second kappa shape index (κ2) is 6.37. The fraction of sp³-hybridized carbons (Fsp3) is 0.579. The highest BCUT2D eigenvalue weighted by atomic mass is 16.5. The maximum Gasteiger partial charge on any atom is 0.328 e. The third-order valence-corrected chi connectivity index (χ3v) is 5.42. The van der Waals surface area contributed by atoms with E-state index in [0.29, 0.717) is 17.4 Å². The van der Waals surface area contributed by atoms with Crippen molar-refractivity contribution in [2.45, 2.75) is 57.5 Å². The van der Waals surface area contributed by atoms with Crippen molar-refractivity contribution in [2.24, 2.45) is 5.92 Å². The number of nitrogens with one attached hydrogen (secondary N) is 1. The number of carbonyl (C=O) groups excluding carboxylic acids is 2. The first kappa shape index (κ1) is 17.0. The fourth-order valence-corrected chi connectivity index (χ4v) is 3.40. The Labute approximate surface area is 152 Å². The number of rotatable bonds is 6. The summed E-state index contributed by atoms with van der Waals surface area (Å²) in [6.45, 7) is 3.77. The van der Waals surface area contributed by atoms with E-state index >= 15 is 0 Å². The zero-order valence-corrected chi connectivity index (χ0v) is 15.4. The van der Waals surface area contributed by atoms with Crippen LogP contribution in [0.5, 0.6) is 0 Å². The van der Waals surface area contributed by atoms with Crippen LogP contribution < -0.4 is 5.32 Å². The van der Waals surface area contributed by atoms with Gasteiger partial charge in [0.05, 0.1) is 30.3 Å². The summed E-state index contributed by atoms with van der Waals surface area (Å²) in [5, 5.41) is 7.99. The number of methoxy groups -OCH3 is 1. The summed E-state index contributed by atoms with van der Waals surface area (Å²) >= 11 is 0. The summed E-state index contributed by atoms with van der Waals surface area (Å²) in [7, 11) is 1.31. The maximum atomic E-state index is 12.8. The highest BCUT2D eigenvalue weighted by Crippen LogP contribution is 2.42. The lowest BCUT2D eigenvalue weighted by Crippen LogP contribution is -2.39. The minimum atomic E-state index is -0.708. The van der Waals surface area contributed by atoms with Crippen molar-refractivity contribution in [2.75, 3.05) is 7.11 Å². The first-order valence-corrected chi connectivity index (χ1v) is 9.26. The molecule has 2 atom stereocenters. The van der Waals surface area contributed by atoms with Crippen LogP contribution in [0.3, 0.4) is 0 Å². The molecule has 0 spiro atoms. The van der Waals surface area contributed by atoms with Crippen LogP contribution in [0.4, 0.5) is 0 Å². The first-order valence-electron chi connectivity index (χ1n) is 9.26. The molecule has 7 heteroatoms. The molecule has 2 aromatic rings. The maximum absolute atomic E-state index is 12.8. The summed E-state index contributed by atoms with van der Waals surface area (Å²) in [6, 6.07) is 1.42. The molecule has 0 radical (unpaired) electrons. The molecule has 2 aromatic heterocycles. The second-order valence-electron chi connectivity index (χ2n) is 7.49. The molecule has 138 valence electrons. The smallest absolute Gasteiger partial charge is 0.328 e. The number of amides is 1. The molecule has 2 aliphatic rings. The Bertz CT molecular complexity index is 867. The minimum Gasteiger partial charge on any atom is -0.467 e. The lowest BCUT2D eigenvalue weighted by molar-refractivity contribution is -0.142. The van der Waals surface area contributed by atoms with Crippen molar-refractivity contribution in [3.8, 4) is 0 Å². The minimum absolute atomic E-state index is 0.277. The van der Waals surface area contributed by atoms with Crippen LogP contribution in [0.2, 0.25) is 0 Å². The molecule has 26 heavy (non-hydrogen) atoms. The zero-order chi connectivity index (χ0) is 18.4. The predicted molar refractivity (Wildman–Crippen MR) is 95.9 cm³/mol. The molecule has 2 heterocycles. The molecular formula is C19H24N4O3. The van der Waals surface area contributed by atoms with Crippen LogP contribution >= 0.6 is 0 Å². The van der Waals surface area contributed by atoms with Crippen LogP contribution in [0.15, 0.2) is 12.3 Å². The average molecular weight is 356 g/mol. The fourth-order valence-electron chi connectivity index (χ4n) is 3.40. The number of aromatic nitrogens is 3. The number of carbonyl (C=O) groups is 2. The Morgan fingerprint density at radius 3 is 2.62 bits per heavy atom. The SMILES string of the molecule is COC(=O)[C@H](C)NC(=O)c1cc(C2CC2)nc2c1cnn2[C@@H](C)C1CC1. The molecule has 0 aliphatic heterocycles. The van der Waals surface area contributed by atoms with Gasteiger partial charge in [0.1, 0.15) is 6.04 Å². The average Bonchev–Trinajstić information content (AvgIpc) is 3.55. The summed E-state index contributed by atoms with van der Waals surface area (Å²) < 4.78 is 6.65. The molecule has 1 N–H and O–H groups in total. The monoisotopic (exact) mass is 356 g/mol. The number of hydrogen-bond donors (Lipinski definition) is 1. The van der Waals surface area contributed by atoms with E-state index in [0.717, 1.165) is 29.6 Å².